The van der Waals surface area contributed by atoms with Crippen LogP contribution in [-0.4, -0.2) is 54.7 Å². The number of carbonyl (C=O) groups is 1. The first-order valence-electron chi connectivity index (χ1n) is 17.7. The standard InChI is InChI=1S/C42H51F2N3O3/c1-5-32(34-17-20-38-39-29-45-23-21-40(39)47(4)41(38)28-34)15-18-36(7-3)42(43,44)31-46-22-11-10-13-25-49-24-12-8-9-14-26-50-37-19-16-33(6-2)35(27-37)30-48/h5-7,15-21,23,27-30,46H,2,8-14,22,24-26,31H2,1,3-4H3/b18-15-,32-5+,36-7+. The van der Waals surface area contributed by atoms with Crippen LogP contribution in [0.2, 0.25) is 0 Å². The molecule has 0 bridgehead atoms. The summed E-state index contributed by atoms with van der Waals surface area (Å²) in [6, 6.07) is 13.7. The van der Waals surface area contributed by atoms with Crippen LogP contribution in [0, 0.1) is 0 Å². The number of aromatic nitrogens is 2. The summed E-state index contributed by atoms with van der Waals surface area (Å²) >= 11 is 0. The van der Waals surface area contributed by atoms with E-state index in [0.717, 1.165) is 96.3 Å². The van der Waals surface area contributed by atoms with Crippen LogP contribution < -0.4 is 10.1 Å². The molecule has 50 heavy (non-hydrogen) atoms. The van der Waals surface area contributed by atoms with Crippen molar-refractivity contribution in [3.8, 4) is 5.75 Å². The van der Waals surface area contributed by atoms with E-state index in [0.29, 0.717) is 31.1 Å². The zero-order valence-electron chi connectivity index (χ0n) is 29.7. The van der Waals surface area contributed by atoms with Crippen molar-refractivity contribution in [1.82, 2.24) is 14.9 Å². The Balaban J connectivity index is 1.07. The molecule has 266 valence electrons. The average Bonchev–Trinajstić information content (AvgIpc) is 3.42. The number of alkyl halides is 2. The van der Waals surface area contributed by atoms with Gasteiger partial charge in [-0.1, -0.05) is 61.6 Å². The molecular weight excluding hydrogens is 632 g/mol. The summed E-state index contributed by atoms with van der Waals surface area (Å²) < 4.78 is 44.0. The second kappa shape index (κ2) is 19.7. The Bertz CT molecular complexity index is 1800. The lowest BCUT2D eigenvalue weighted by Crippen LogP contribution is -2.34. The minimum atomic E-state index is -2.98. The van der Waals surface area contributed by atoms with Crippen molar-refractivity contribution in [3.05, 3.63) is 108 Å². The van der Waals surface area contributed by atoms with E-state index in [1.807, 2.05) is 50.5 Å². The van der Waals surface area contributed by atoms with E-state index in [9.17, 15) is 4.79 Å². The number of pyridine rings is 1. The molecule has 2 aromatic carbocycles. The first-order valence-corrected chi connectivity index (χ1v) is 17.7. The number of fused-ring (bicyclic) bond motifs is 3. The van der Waals surface area contributed by atoms with Gasteiger partial charge in [-0.3, -0.25) is 9.78 Å². The molecule has 2 heterocycles. The lowest BCUT2D eigenvalue weighted by atomic mass is 10.0. The molecule has 0 aliphatic rings. The number of hydrogen-bond acceptors (Lipinski definition) is 5. The fourth-order valence-corrected chi connectivity index (χ4v) is 6.06. The Hall–Kier alpha value is -4.40. The second-order valence-corrected chi connectivity index (χ2v) is 12.4. The number of carbonyl (C=O) groups excluding carboxylic acids is 1. The molecule has 6 nitrogen and oxygen atoms in total. The number of nitrogens with one attached hydrogen (secondary N) is 1. The van der Waals surface area contributed by atoms with E-state index in [4.69, 9.17) is 9.47 Å². The number of benzene rings is 2. The van der Waals surface area contributed by atoms with Gasteiger partial charge in [0, 0.05) is 60.1 Å². The molecule has 8 heteroatoms. The molecule has 0 radical (unpaired) electrons. The van der Waals surface area contributed by atoms with Crippen LogP contribution in [0.15, 0.2) is 91.3 Å². The van der Waals surface area contributed by atoms with E-state index in [-0.39, 0.29) is 5.57 Å². The lowest BCUT2D eigenvalue weighted by molar-refractivity contribution is 0.0455. The molecular formula is C42H51F2N3O3. The third kappa shape index (κ3) is 10.6. The third-order valence-corrected chi connectivity index (χ3v) is 8.97. The lowest BCUT2D eigenvalue weighted by Gasteiger charge is -2.18. The van der Waals surface area contributed by atoms with Gasteiger partial charge in [-0.05, 0) is 99.9 Å². The molecule has 1 N–H and O–H groups in total. The number of rotatable bonds is 22. The second-order valence-electron chi connectivity index (χ2n) is 12.4. The summed E-state index contributed by atoms with van der Waals surface area (Å²) in [7, 11) is 2.03. The Kier molecular flexibility index (Phi) is 15.1. The van der Waals surface area contributed by atoms with Gasteiger partial charge in [0.25, 0.3) is 5.92 Å². The Morgan fingerprint density at radius 3 is 2.36 bits per heavy atom. The summed E-state index contributed by atoms with van der Waals surface area (Å²) in [6.45, 7) is 9.44. The fourth-order valence-electron chi connectivity index (χ4n) is 6.06. The predicted octanol–water partition coefficient (Wildman–Crippen LogP) is 10.1. The molecule has 2 aromatic heterocycles. The molecule has 0 saturated carbocycles. The molecule has 4 rings (SSSR count). The van der Waals surface area contributed by atoms with Gasteiger partial charge >= 0.3 is 0 Å². The number of aryl methyl sites for hydroxylation is 1. The van der Waals surface area contributed by atoms with Crippen molar-refractivity contribution in [2.45, 2.75) is 64.7 Å². The molecule has 0 spiro atoms. The minimum Gasteiger partial charge on any atom is -0.494 e. The highest BCUT2D eigenvalue weighted by Gasteiger charge is 2.31. The highest BCUT2D eigenvalue weighted by Crippen LogP contribution is 2.31. The van der Waals surface area contributed by atoms with Gasteiger partial charge in [-0.2, -0.15) is 8.78 Å². The summed E-state index contributed by atoms with van der Waals surface area (Å²) in [6.07, 6.45) is 19.6. The number of aldehydes is 1. The summed E-state index contributed by atoms with van der Waals surface area (Å²) in [5.74, 6) is -2.28. The monoisotopic (exact) mass is 683 g/mol. The number of allylic oxidation sites excluding steroid dienone is 5. The SMILES string of the molecule is C=Cc1ccc(OCCCCCCOCCCCCNCC(F)(F)C(/C=C\C(=C/C)c2ccc3c4cnccc4n(C)c3c2)=C/C)cc1C=O. The Labute approximate surface area is 295 Å². The number of halogens is 2. The zero-order chi connectivity index (χ0) is 35.8. The van der Waals surface area contributed by atoms with E-state index in [1.54, 1.807) is 31.3 Å². The number of ether oxygens (including phenoxy) is 2. The minimum absolute atomic E-state index is 0.00578. The van der Waals surface area contributed by atoms with Gasteiger partial charge in [0.1, 0.15) is 5.75 Å². The van der Waals surface area contributed by atoms with Gasteiger partial charge < -0.3 is 19.4 Å². The topological polar surface area (TPSA) is 65.4 Å². The molecule has 0 atom stereocenters. The van der Waals surface area contributed by atoms with E-state index >= 15 is 8.78 Å². The highest BCUT2D eigenvalue weighted by molar-refractivity contribution is 6.08. The molecule has 0 amide bonds. The quantitative estimate of drug-likeness (QED) is 0.0508. The highest BCUT2D eigenvalue weighted by atomic mass is 19.3. The molecule has 0 unspecified atom stereocenters. The summed E-state index contributed by atoms with van der Waals surface area (Å²) in [5, 5.41) is 5.16. The van der Waals surface area contributed by atoms with Gasteiger partial charge in [0.05, 0.1) is 18.7 Å². The van der Waals surface area contributed by atoms with E-state index in [1.165, 1.54) is 12.2 Å². The number of hydrogen-bond donors (Lipinski definition) is 1. The predicted molar refractivity (Wildman–Crippen MR) is 203 cm³/mol. The number of unbranched alkanes of at least 4 members (excludes halogenated alkanes) is 5. The van der Waals surface area contributed by atoms with Crippen molar-refractivity contribution in [1.29, 1.82) is 0 Å². The molecule has 0 aliphatic carbocycles. The maximum Gasteiger partial charge on any atom is 0.285 e. The van der Waals surface area contributed by atoms with Crippen LogP contribution >= 0.6 is 0 Å². The van der Waals surface area contributed by atoms with Gasteiger partial charge in [-0.15, -0.1) is 0 Å². The fraction of sp³-hybridized carbons (Fsp3) is 0.381. The van der Waals surface area contributed by atoms with Crippen LogP contribution in [0.1, 0.15) is 80.3 Å². The van der Waals surface area contributed by atoms with Gasteiger partial charge in [-0.25, -0.2) is 0 Å². The van der Waals surface area contributed by atoms with Crippen molar-refractivity contribution in [2.24, 2.45) is 7.05 Å². The smallest absolute Gasteiger partial charge is 0.285 e. The molecule has 0 fully saturated rings. The Morgan fingerprint density at radius 1 is 0.880 bits per heavy atom. The maximum atomic E-state index is 15.2. The molecule has 0 saturated heterocycles. The van der Waals surface area contributed by atoms with Crippen LogP contribution in [-0.2, 0) is 11.8 Å². The largest absolute Gasteiger partial charge is 0.494 e. The van der Waals surface area contributed by atoms with Crippen LogP contribution in [0.4, 0.5) is 8.78 Å². The average molecular weight is 684 g/mol. The summed E-state index contributed by atoms with van der Waals surface area (Å²) in [4.78, 5) is 15.4. The normalized spacial score (nSPS) is 12.7. The molecule has 0 aliphatic heterocycles. The van der Waals surface area contributed by atoms with Crippen molar-refractivity contribution in [2.75, 3.05) is 32.9 Å². The molecule has 4 aromatic rings. The van der Waals surface area contributed by atoms with Crippen LogP contribution in [0.5, 0.6) is 5.75 Å². The van der Waals surface area contributed by atoms with E-state index < -0.39 is 12.5 Å². The van der Waals surface area contributed by atoms with Crippen LogP contribution in [0.3, 0.4) is 0 Å². The van der Waals surface area contributed by atoms with Crippen LogP contribution in [0.25, 0.3) is 33.5 Å². The zero-order valence-corrected chi connectivity index (χ0v) is 29.7. The maximum absolute atomic E-state index is 15.2. The van der Waals surface area contributed by atoms with Crippen molar-refractivity contribution < 1.29 is 23.0 Å². The number of nitrogens with zero attached hydrogens (tertiary/aromatic N) is 2. The van der Waals surface area contributed by atoms with Crippen molar-refractivity contribution >= 4 is 39.7 Å². The Morgan fingerprint density at radius 2 is 1.64 bits per heavy atom. The summed E-state index contributed by atoms with van der Waals surface area (Å²) in [5.41, 5.74) is 5.41. The van der Waals surface area contributed by atoms with Gasteiger partial charge in [0.15, 0.2) is 6.29 Å². The first-order chi connectivity index (χ1) is 24.3. The third-order valence-electron chi connectivity index (χ3n) is 8.97. The van der Waals surface area contributed by atoms with Gasteiger partial charge in [0.2, 0.25) is 0 Å². The first kappa shape index (κ1) is 38.4. The van der Waals surface area contributed by atoms with Crippen molar-refractivity contribution in [3.63, 3.8) is 0 Å². The van der Waals surface area contributed by atoms with E-state index in [2.05, 4.69) is 33.6 Å².